The second-order valence-corrected chi connectivity index (χ2v) is 4.51. The Balaban J connectivity index is 0. The molecule has 0 saturated carbocycles. The van der Waals surface area contributed by atoms with Gasteiger partial charge in [0, 0.05) is 5.69 Å². The topological polar surface area (TPSA) is 83.5 Å². The first-order chi connectivity index (χ1) is 6.38. The minimum atomic E-state index is -3.31. The van der Waals surface area contributed by atoms with Gasteiger partial charge in [-0.15, -0.1) is 0 Å². The van der Waals surface area contributed by atoms with Crippen molar-refractivity contribution in [2.45, 2.75) is 0 Å². The first-order valence-corrected chi connectivity index (χ1v) is 5.59. The Bertz CT molecular complexity index is 446. The third kappa shape index (κ3) is 5.17. The van der Waals surface area contributed by atoms with Crippen molar-refractivity contribution < 1.29 is 49.3 Å². The number of rotatable bonds is 3. The summed E-state index contributed by atoms with van der Waals surface area (Å²) >= 11 is 0. The van der Waals surface area contributed by atoms with Gasteiger partial charge in [-0.25, -0.2) is 13.2 Å². The Hall–Kier alpha value is -0.560. The summed E-state index contributed by atoms with van der Waals surface area (Å²) in [5.41, 5.74) is 0.460. The van der Waals surface area contributed by atoms with Crippen molar-refractivity contribution in [3.63, 3.8) is 0 Å². The van der Waals surface area contributed by atoms with Crippen LogP contribution in [0.1, 0.15) is 11.8 Å². The van der Waals surface area contributed by atoms with Gasteiger partial charge in [0.25, 0.3) is 0 Å². The molecular formula is C8H10NNaO4S. The molecule has 15 heavy (non-hydrogen) atoms. The van der Waals surface area contributed by atoms with Crippen LogP contribution in [0.25, 0.3) is 0 Å². The van der Waals surface area contributed by atoms with E-state index in [-0.39, 0.29) is 36.5 Å². The number of carboxylic acid groups (broad SMARTS) is 1. The Morgan fingerprint density at radius 1 is 1.33 bits per heavy atom. The van der Waals surface area contributed by atoms with Gasteiger partial charge in [0.1, 0.15) is 0 Å². The normalized spacial score (nSPS) is 10.2. The summed E-state index contributed by atoms with van der Waals surface area (Å²) in [6, 6.07) is 5.45. The molecule has 0 spiro atoms. The van der Waals surface area contributed by atoms with Crippen LogP contribution in [-0.2, 0) is 10.0 Å². The maximum atomic E-state index is 10.8. The van der Waals surface area contributed by atoms with Crippen LogP contribution in [0.5, 0.6) is 0 Å². The number of carbonyl (C=O) groups is 1. The van der Waals surface area contributed by atoms with Crippen molar-refractivity contribution in [1.82, 2.24) is 0 Å². The average molecular weight is 239 g/mol. The van der Waals surface area contributed by atoms with Gasteiger partial charge in [0.05, 0.1) is 11.8 Å². The zero-order valence-electron chi connectivity index (χ0n) is 9.39. The molecule has 2 N–H and O–H groups in total. The second-order valence-electron chi connectivity index (χ2n) is 2.76. The molecule has 78 valence electrons. The van der Waals surface area contributed by atoms with Crippen molar-refractivity contribution in [2.75, 3.05) is 11.0 Å². The van der Waals surface area contributed by atoms with Crippen molar-refractivity contribution >= 4 is 21.7 Å². The number of benzene rings is 1. The van der Waals surface area contributed by atoms with Crippen molar-refractivity contribution in [1.29, 1.82) is 0 Å². The molecule has 0 aliphatic carbocycles. The molecule has 0 saturated heterocycles. The molecule has 0 heterocycles. The Morgan fingerprint density at radius 3 is 2.13 bits per heavy atom. The van der Waals surface area contributed by atoms with E-state index in [1.54, 1.807) is 0 Å². The van der Waals surface area contributed by atoms with Gasteiger partial charge in [-0.3, -0.25) is 4.72 Å². The number of carboxylic acids is 1. The first kappa shape index (κ1) is 14.4. The monoisotopic (exact) mass is 239 g/mol. The fourth-order valence-electron chi connectivity index (χ4n) is 0.895. The van der Waals surface area contributed by atoms with E-state index < -0.39 is 16.0 Å². The second kappa shape index (κ2) is 5.50. The molecule has 0 fully saturated rings. The third-order valence-corrected chi connectivity index (χ3v) is 2.04. The molecule has 0 aliphatic heterocycles. The van der Waals surface area contributed by atoms with E-state index in [4.69, 9.17) is 5.11 Å². The molecule has 0 atom stereocenters. The van der Waals surface area contributed by atoms with Crippen molar-refractivity contribution in [3.8, 4) is 0 Å². The zero-order valence-corrected chi connectivity index (χ0v) is 11.2. The van der Waals surface area contributed by atoms with Crippen LogP contribution in [0.2, 0.25) is 0 Å². The summed E-state index contributed by atoms with van der Waals surface area (Å²) < 4.78 is 23.8. The molecule has 0 radical (unpaired) electrons. The van der Waals surface area contributed by atoms with E-state index in [9.17, 15) is 13.2 Å². The number of aromatic carboxylic acids is 1. The molecule has 0 aliphatic rings. The Kier molecular flexibility index (Phi) is 5.30. The van der Waals surface area contributed by atoms with E-state index >= 15 is 0 Å². The van der Waals surface area contributed by atoms with Crippen LogP contribution in [0.4, 0.5) is 5.69 Å². The SMILES string of the molecule is CS(=O)(=O)Nc1ccc(C(=O)O)cc1.[H-].[Na+]. The zero-order chi connectivity index (χ0) is 10.8. The number of anilines is 1. The maximum Gasteiger partial charge on any atom is 1.00 e. The summed E-state index contributed by atoms with van der Waals surface area (Å²) in [7, 11) is -3.31. The molecule has 5 nitrogen and oxygen atoms in total. The first-order valence-electron chi connectivity index (χ1n) is 3.69. The van der Waals surface area contributed by atoms with E-state index in [2.05, 4.69) is 4.72 Å². The van der Waals surface area contributed by atoms with Crippen LogP contribution < -0.4 is 34.3 Å². The third-order valence-electron chi connectivity index (χ3n) is 1.44. The minimum absolute atomic E-state index is 0. The van der Waals surface area contributed by atoms with Crippen LogP contribution in [0.3, 0.4) is 0 Å². The van der Waals surface area contributed by atoms with Crippen molar-refractivity contribution in [2.24, 2.45) is 0 Å². The van der Waals surface area contributed by atoms with Gasteiger partial charge in [0.15, 0.2) is 0 Å². The van der Waals surface area contributed by atoms with Crippen LogP contribution in [-0.4, -0.2) is 25.7 Å². The Labute approximate surface area is 111 Å². The molecule has 0 unspecified atom stereocenters. The van der Waals surface area contributed by atoms with Gasteiger partial charge in [-0.05, 0) is 24.3 Å². The molecule has 1 aromatic carbocycles. The average Bonchev–Trinajstić information content (AvgIpc) is 2.02. The predicted molar refractivity (Wildman–Crippen MR) is 53.0 cm³/mol. The fourth-order valence-corrected chi connectivity index (χ4v) is 1.46. The Morgan fingerprint density at radius 2 is 1.80 bits per heavy atom. The molecule has 1 aromatic rings. The number of sulfonamides is 1. The van der Waals surface area contributed by atoms with E-state index in [1.165, 1.54) is 24.3 Å². The predicted octanol–water partition coefficient (Wildman–Crippen LogP) is -2.13. The fraction of sp³-hybridized carbons (Fsp3) is 0.125. The van der Waals surface area contributed by atoms with Crippen LogP contribution in [0.15, 0.2) is 24.3 Å². The molecule has 0 bridgehead atoms. The summed E-state index contributed by atoms with van der Waals surface area (Å²) in [4.78, 5) is 10.5. The molecule has 7 heteroatoms. The molecule has 1 rings (SSSR count). The summed E-state index contributed by atoms with van der Waals surface area (Å²) in [6.07, 6.45) is 1.03. The molecular weight excluding hydrogens is 229 g/mol. The standard InChI is InChI=1S/C8H9NO4S.Na.H/c1-14(12,13)9-7-4-2-6(3-5-7)8(10)11;;/h2-5,9H,1H3,(H,10,11);;/q;+1;-1. The van der Waals surface area contributed by atoms with Crippen molar-refractivity contribution in [3.05, 3.63) is 29.8 Å². The van der Waals surface area contributed by atoms with Gasteiger partial charge in [-0.1, -0.05) is 0 Å². The summed E-state index contributed by atoms with van der Waals surface area (Å²) in [5, 5.41) is 8.57. The van der Waals surface area contributed by atoms with Gasteiger partial charge in [-0.2, -0.15) is 0 Å². The van der Waals surface area contributed by atoms with E-state index in [0.29, 0.717) is 5.69 Å². The number of nitrogens with one attached hydrogen (secondary N) is 1. The summed E-state index contributed by atoms with van der Waals surface area (Å²) in [6.45, 7) is 0. The maximum absolute atomic E-state index is 10.8. The van der Waals surface area contributed by atoms with Gasteiger partial charge in [0.2, 0.25) is 10.0 Å². The smallest absolute Gasteiger partial charge is 1.00 e. The van der Waals surface area contributed by atoms with E-state index in [0.717, 1.165) is 6.26 Å². The molecule has 0 aromatic heterocycles. The summed E-state index contributed by atoms with van der Waals surface area (Å²) in [5.74, 6) is -1.05. The van der Waals surface area contributed by atoms with E-state index in [1.807, 2.05) is 0 Å². The van der Waals surface area contributed by atoms with Gasteiger partial charge >= 0.3 is 35.5 Å². The quantitative estimate of drug-likeness (QED) is 0.590. The van der Waals surface area contributed by atoms with Crippen LogP contribution in [0, 0.1) is 0 Å². The minimum Gasteiger partial charge on any atom is -1.00 e. The number of hydrogen-bond donors (Lipinski definition) is 2. The number of hydrogen-bond acceptors (Lipinski definition) is 3. The largest absolute Gasteiger partial charge is 1.00 e. The van der Waals surface area contributed by atoms with Gasteiger partial charge < -0.3 is 6.53 Å². The molecule has 0 amide bonds. The van der Waals surface area contributed by atoms with Crippen LogP contribution >= 0.6 is 0 Å².